The molecular weight excluding hydrogens is 226 g/mol. The number of Topliss-reactive ketones (excluding diaryl/α,β-unsaturated/α-hetero) is 1. The van der Waals surface area contributed by atoms with Crippen LogP contribution in [-0.2, 0) is 0 Å². The molecule has 2 rings (SSSR count). The molecule has 0 aliphatic carbocycles. The van der Waals surface area contributed by atoms with E-state index in [0.29, 0.717) is 0 Å². The summed E-state index contributed by atoms with van der Waals surface area (Å²) in [4.78, 5) is 12.5. The van der Waals surface area contributed by atoms with Crippen LogP contribution < -0.4 is 10.1 Å². The highest BCUT2D eigenvalue weighted by Crippen LogP contribution is 2.25. The zero-order valence-corrected chi connectivity index (χ0v) is 11.1. The third kappa shape index (κ3) is 3.10. The minimum absolute atomic E-state index is 0.0898. The summed E-state index contributed by atoms with van der Waals surface area (Å²) >= 11 is 0. The number of hydrogen-bond donors (Lipinski definition) is 1. The summed E-state index contributed by atoms with van der Waals surface area (Å²) < 4.78 is 5.72. The quantitative estimate of drug-likeness (QED) is 0.831. The molecule has 0 spiro atoms. The van der Waals surface area contributed by atoms with E-state index >= 15 is 0 Å². The molecule has 0 radical (unpaired) electrons. The van der Waals surface area contributed by atoms with Crippen LogP contribution in [-0.4, -0.2) is 25.0 Å². The summed E-state index contributed by atoms with van der Waals surface area (Å²) in [6, 6.07) is 7.58. The summed E-state index contributed by atoms with van der Waals surface area (Å²) in [5.74, 6) is 1.09. The average Bonchev–Trinajstić information content (AvgIpc) is 2.39. The molecule has 1 aliphatic rings. The van der Waals surface area contributed by atoms with Gasteiger partial charge in [-0.1, -0.05) is 12.1 Å². The Kier molecular flexibility index (Phi) is 4.37. The molecule has 1 aromatic carbocycles. The largest absolute Gasteiger partial charge is 0.490 e. The van der Waals surface area contributed by atoms with Crippen molar-refractivity contribution in [2.75, 3.05) is 13.1 Å². The minimum atomic E-state index is 0.0898. The van der Waals surface area contributed by atoms with Gasteiger partial charge in [-0.15, -0.1) is 0 Å². The van der Waals surface area contributed by atoms with E-state index in [1.54, 1.807) is 0 Å². The summed E-state index contributed by atoms with van der Waals surface area (Å²) in [5.41, 5.74) is 0.734. The lowest BCUT2D eigenvalue weighted by Crippen LogP contribution is -2.32. The van der Waals surface area contributed by atoms with Crippen LogP contribution in [0.3, 0.4) is 0 Å². The molecule has 1 fully saturated rings. The van der Waals surface area contributed by atoms with Crippen molar-refractivity contribution in [2.45, 2.75) is 32.8 Å². The zero-order chi connectivity index (χ0) is 13.0. The van der Waals surface area contributed by atoms with E-state index in [9.17, 15) is 4.79 Å². The molecule has 0 bridgehead atoms. The molecular formula is C15H21NO2. The molecule has 3 heteroatoms. The van der Waals surface area contributed by atoms with Crippen molar-refractivity contribution in [2.24, 2.45) is 5.92 Å². The van der Waals surface area contributed by atoms with Gasteiger partial charge in [0.05, 0.1) is 11.7 Å². The molecule has 0 unspecified atom stereocenters. The van der Waals surface area contributed by atoms with Crippen molar-refractivity contribution < 1.29 is 9.53 Å². The van der Waals surface area contributed by atoms with Crippen LogP contribution in [0.25, 0.3) is 0 Å². The second-order valence-electron chi connectivity index (χ2n) is 5.05. The number of hydrogen-bond acceptors (Lipinski definition) is 3. The van der Waals surface area contributed by atoms with Crippen LogP contribution in [0.4, 0.5) is 0 Å². The van der Waals surface area contributed by atoms with Crippen molar-refractivity contribution in [3.8, 4) is 5.75 Å². The Labute approximate surface area is 109 Å². The van der Waals surface area contributed by atoms with E-state index in [-0.39, 0.29) is 17.8 Å². The number of ether oxygens (including phenoxy) is 1. The maximum absolute atomic E-state index is 12.5. The number of para-hydroxylation sites is 1. The van der Waals surface area contributed by atoms with Gasteiger partial charge in [-0.25, -0.2) is 0 Å². The molecule has 1 aromatic rings. The van der Waals surface area contributed by atoms with Gasteiger partial charge in [0.25, 0.3) is 0 Å². The fraction of sp³-hybridized carbons (Fsp3) is 0.533. The van der Waals surface area contributed by atoms with Gasteiger partial charge in [-0.05, 0) is 51.9 Å². The summed E-state index contributed by atoms with van der Waals surface area (Å²) in [6.07, 6.45) is 1.94. The molecule has 0 aromatic heterocycles. The second kappa shape index (κ2) is 6.01. The fourth-order valence-corrected chi connectivity index (χ4v) is 2.33. The van der Waals surface area contributed by atoms with Crippen LogP contribution in [0.2, 0.25) is 0 Å². The van der Waals surface area contributed by atoms with E-state index in [1.165, 1.54) is 0 Å². The van der Waals surface area contributed by atoms with Gasteiger partial charge in [0.15, 0.2) is 5.78 Å². The third-order valence-electron chi connectivity index (χ3n) is 3.23. The number of benzene rings is 1. The van der Waals surface area contributed by atoms with Crippen molar-refractivity contribution in [3.05, 3.63) is 29.8 Å². The standard InChI is InChI=1S/C15H21NO2/c1-11(2)18-14-6-4-3-5-13(14)15(17)12-7-9-16-10-8-12/h3-6,11-12,16H,7-10H2,1-2H3. The molecule has 1 aliphatic heterocycles. The highest BCUT2D eigenvalue weighted by molar-refractivity contribution is 6.00. The Balaban J connectivity index is 2.18. The first-order valence-corrected chi connectivity index (χ1v) is 6.69. The molecule has 0 atom stereocenters. The van der Waals surface area contributed by atoms with Crippen molar-refractivity contribution in [1.82, 2.24) is 5.32 Å². The first kappa shape index (κ1) is 13.1. The van der Waals surface area contributed by atoms with Gasteiger partial charge >= 0.3 is 0 Å². The molecule has 0 amide bonds. The molecule has 1 saturated heterocycles. The van der Waals surface area contributed by atoms with Crippen LogP contribution in [0.15, 0.2) is 24.3 Å². The number of carbonyl (C=O) groups is 1. The highest BCUT2D eigenvalue weighted by Gasteiger charge is 2.24. The lowest BCUT2D eigenvalue weighted by molar-refractivity contribution is 0.0889. The molecule has 3 nitrogen and oxygen atoms in total. The number of rotatable bonds is 4. The maximum Gasteiger partial charge on any atom is 0.169 e. The smallest absolute Gasteiger partial charge is 0.169 e. The van der Waals surface area contributed by atoms with Crippen molar-refractivity contribution >= 4 is 5.78 Å². The Morgan fingerprint density at radius 3 is 2.61 bits per heavy atom. The van der Waals surface area contributed by atoms with E-state index in [4.69, 9.17) is 4.74 Å². The van der Waals surface area contributed by atoms with Gasteiger partial charge in [-0.3, -0.25) is 4.79 Å². The molecule has 1 heterocycles. The van der Waals surface area contributed by atoms with Gasteiger partial charge in [-0.2, -0.15) is 0 Å². The van der Waals surface area contributed by atoms with E-state index in [0.717, 1.165) is 37.2 Å². The average molecular weight is 247 g/mol. The maximum atomic E-state index is 12.5. The summed E-state index contributed by atoms with van der Waals surface area (Å²) in [6.45, 7) is 5.82. The first-order chi connectivity index (χ1) is 8.68. The Hall–Kier alpha value is -1.35. The number of piperidine rings is 1. The Morgan fingerprint density at radius 1 is 1.28 bits per heavy atom. The van der Waals surface area contributed by atoms with E-state index in [1.807, 2.05) is 38.1 Å². The molecule has 1 N–H and O–H groups in total. The molecule has 98 valence electrons. The molecule has 18 heavy (non-hydrogen) atoms. The van der Waals surface area contributed by atoms with Gasteiger partial charge < -0.3 is 10.1 Å². The minimum Gasteiger partial charge on any atom is -0.490 e. The zero-order valence-electron chi connectivity index (χ0n) is 11.1. The number of ketones is 1. The first-order valence-electron chi connectivity index (χ1n) is 6.69. The normalized spacial score (nSPS) is 16.8. The van der Waals surface area contributed by atoms with Gasteiger partial charge in [0.2, 0.25) is 0 Å². The van der Waals surface area contributed by atoms with Crippen LogP contribution in [0.1, 0.15) is 37.0 Å². The fourth-order valence-electron chi connectivity index (χ4n) is 2.33. The Bertz CT molecular complexity index is 409. The Morgan fingerprint density at radius 2 is 1.94 bits per heavy atom. The van der Waals surface area contributed by atoms with Crippen molar-refractivity contribution in [3.63, 3.8) is 0 Å². The van der Waals surface area contributed by atoms with Crippen LogP contribution >= 0.6 is 0 Å². The van der Waals surface area contributed by atoms with Crippen LogP contribution in [0.5, 0.6) is 5.75 Å². The van der Waals surface area contributed by atoms with E-state index in [2.05, 4.69) is 5.32 Å². The number of nitrogens with one attached hydrogen (secondary N) is 1. The summed E-state index contributed by atoms with van der Waals surface area (Å²) in [5, 5.41) is 3.28. The number of carbonyl (C=O) groups excluding carboxylic acids is 1. The highest BCUT2D eigenvalue weighted by atomic mass is 16.5. The van der Waals surface area contributed by atoms with Crippen LogP contribution in [0, 0.1) is 5.92 Å². The second-order valence-corrected chi connectivity index (χ2v) is 5.05. The third-order valence-corrected chi connectivity index (χ3v) is 3.23. The monoisotopic (exact) mass is 247 g/mol. The van der Waals surface area contributed by atoms with Gasteiger partial charge in [0.1, 0.15) is 5.75 Å². The van der Waals surface area contributed by atoms with E-state index < -0.39 is 0 Å². The lowest BCUT2D eigenvalue weighted by Gasteiger charge is -2.22. The van der Waals surface area contributed by atoms with Gasteiger partial charge in [0, 0.05) is 5.92 Å². The summed E-state index contributed by atoms with van der Waals surface area (Å²) in [7, 11) is 0. The predicted octanol–water partition coefficient (Wildman–Crippen LogP) is 2.66. The SMILES string of the molecule is CC(C)Oc1ccccc1C(=O)C1CCNCC1. The predicted molar refractivity (Wildman–Crippen MR) is 72.1 cm³/mol. The lowest BCUT2D eigenvalue weighted by atomic mass is 9.89. The topological polar surface area (TPSA) is 38.3 Å². The van der Waals surface area contributed by atoms with Crippen molar-refractivity contribution in [1.29, 1.82) is 0 Å². The molecule has 0 saturated carbocycles.